The first-order valence-corrected chi connectivity index (χ1v) is 11.4. The number of nitrogens with zero attached hydrogens (tertiary/aromatic N) is 3. The highest BCUT2D eigenvalue weighted by Crippen LogP contribution is 2.42. The normalized spacial score (nSPS) is 25.4. The number of likely N-dealkylation sites (tertiary alicyclic amines) is 1. The molecular weight excluding hydrogens is 443 g/mol. The van der Waals surface area contributed by atoms with Gasteiger partial charge in [0, 0.05) is 43.9 Å². The van der Waals surface area contributed by atoms with E-state index in [1.165, 1.54) is 12.0 Å². The molecule has 0 aliphatic carbocycles. The maximum Gasteiger partial charge on any atom is 0.323 e. The Morgan fingerprint density at radius 1 is 1.21 bits per heavy atom. The molecule has 34 heavy (non-hydrogen) atoms. The fourth-order valence-corrected chi connectivity index (χ4v) is 4.99. The zero-order chi connectivity index (χ0) is 24.5. The summed E-state index contributed by atoms with van der Waals surface area (Å²) in [5, 5.41) is 0. The van der Waals surface area contributed by atoms with Crippen molar-refractivity contribution in [3.8, 4) is 0 Å². The first-order chi connectivity index (χ1) is 16.3. The zero-order valence-corrected chi connectivity index (χ0v) is 19.7. The summed E-state index contributed by atoms with van der Waals surface area (Å²) in [4.78, 5) is 19.0. The Morgan fingerprint density at radius 3 is 2.62 bits per heavy atom. The second kappa shape index (κ2) is 9.80. The van der Waals surface area contributed by atoms with Crippen molar-refractivity contribution < 1.29 is 22.7 Å². The van der Waals surface area contributed by atoms with Gasteiger partial charge < -0.3 is 14.5 Å². The van der Waals surface area contributed by atoms with E-state index in [1.807, 2.05) is 42.3 Å². The van der Waals surface area contributed by atoms with E-state index >= 15 is 0 Å². The molecule has 0 aromatic heterocycles. The summed E-state index contributed by atoms with van der Waals surface area (Å²) in [6.45, 7) is 0.240. The largest absolute Gasteiger partial charge is 0.351 e. The van der Waals surface area contributed by atoms with Gasteiger partial charge in [0.05, 0.1) is 6.54 Å². The SMILES string of the molecule is CO[C@]1(c2ccccc2)C=C(c2cc(F)ccc2F)CN1C(=O)N(C)[C@@H]1CCN(C)[C@@H](CF)C1. The minimum Gasteiger partial charge on any atom is -0.351 e. The van der Waals surface area contributed by atoms with Crippen LogP contribution in [-0.2, 0) is 10.5 Å². The molecule has 2 amide bonds. The van der Waals surface area contributed by atoms with Crippen molar-refractivity contribution in [2.24, 2.45) is 0 Å². The first kappa shape index (κ1) is 24.3. The maximum atomic E-state index is 14.7. The molecule has 0 saturated carbocycles. The van der Waals surface area contributed by atoms with Crippen LogP contribution in [0.3, 0.4) is 0 Å². The number of carbonyl (C=O) groups is 1. The molecular formula is C26H30F3N3O2. The van der Waals surface area contributed by atoms with Crippen LogP contribution in [0.2, 0.25) is 0 Å². The first-order valence-electron chi connectivity index (χ1n) is 11.4. The lowest BCUT2D eigenvalue weighted by Crippen LogP contribution is -2.56. The van der Waals surface area contributed by atoms with Crippen molar-refractivity contribution in [1.29, 1.82) is 0 Å². The van der Waals surface area contributed by atoms with E-state index in [9.17, 15) is 18.0 Å². The highest BCUT2D eigenvalue weighted by atomic mass is 19.1. The average molecular weight is 474 g/mol. The van der Waals surface area contributed by atoms with Gasteiger partial charge in [-0.1, -0.05) is 30.3 Å². The molecule has 0 radical (unpaired) electrons. The van der Waals surface area contributed by atoms with E-state index in [1.54, 1.807) is 18.0 Å². The molecule has 8 heteroatoms. The summed E-state index contributed by atoms with van der Waals surface area (Å²) in [5.41, 5.74) is -0.0660. The van der Waals surface area contributed by atoms with Crippen molar-refractivity contribution >= 4 is 11.6 Å². The second-order valence-corrected chi connectivity index (χ2v) is 9.01. The average Bonchev–Trinajstić information content (AvgIpc) is 3.26. The Balaban J connectivity index is 1.72. The number of methoxy groups -OCH3 is 1. The number of halogens is 3. The molecule has 2 aliphatic heterocycles. The number of hydrogen-bond acceptors (Lipinski definition) is 3. The number of ether oxygens (including phenoxy) is 1. The zero-order valence-electron chi connectivity index (χ0n) is 19.7. The number of benzene rings is 2. The highest BCUT2D eigenvalue weighted by Gasteiger charge is 2.47. The van der Waals surface area contributed by atoms with E-state index in [-0.39, 0.29) is 30.2 Å². The predicted molar refractivity (Wildman–Crippen MR) is 125 cm³/mol. The molecule has 0 N–H and O–H groups in total. The van der Waals surface area contributed by atoms with Gasteiger partial charge >= 0.3 is 6.03 Å². The van der Waals surface area contributed by atoms with Crippen LogP contribution in [0.5, 0.6) is 0 Å². The quantitative estimate of drug-likeness (QED) is 0.635. The van der Waals surface area contributed by atoms with Crippen LogP contribution in [0.4, 0.5) is 18.0 Å². The van der Waals surface area contributed by atoms with Crippen molar-refractivity contribution in [3.05, 3.63) is 77.4 Å². The molecule has 1 fully saturated rings. The minimum absolute atomic E-state index is 0.0332. The van der Waals surface area contributed by atoms with Gasteiger partial charge in [0.1, 0.15) is 18.3 Å². The molecule has 0 spiro atoms. The third-order valence-corrected chi connectivity index (χ3v) is 7.11. The molecule has 4 rings (SSSR count). The molecule has 2 aromatic carbocycles. The summed E-state index contributed by atoms with van der Waals surface area (Å²) in [5.74, 6) is -1.14. The van der Waals surface area contributed by atoms with E-state index in [4.69, 9.17) is 4.74 Å². The van der Waals surface area contributed by atoms with Gasteiger partial charge in [-0.2, -0.15) is 0 Å². The number of hydrogen-bond donors (Lipinski definition) is 0. The van der Waals surface area contributed by atoms with E-state index in [0.717, 1.165) is 18.2 Å². The van der Waals surface area contributed by atoms with Crippen LogP contribution in [-0.4, -0.2) is 73.8 Å². The summed E-state index contributed by atoms with van der Waals surface area (Å²) in [6, 6.07) is 11.7. The third-order valence-electron chi connectivity index (χ3n) is 7.11. The van der Waals surface area contributed by atoms with Gasteiger partial charge in [-0.3, -0.25) is 4.90 Å². The molecule has 2 heterocycles. The molecule has 5 nitrogen and oxygen atoms in total. The number of carbonyl (C=O) groups excluding carboxylic acids is 1. The van der Waals surface area contributed by atoms with Crippen molar-refractivity contribution in [3.63, 3.8) is 0 Å². The van der Waals surface area contributed by atoms with Gasteiger partial charge in [-0.15, -0.1) is 0 Å². The fraction of sp³-hybridized carbons (Fsp3) is 0.423. The van der Waals surface area contributed by atoms with Crippen LogP contribution in [0.15, 0.2) is 54.6 Å². The van der Waals surface area contributed by atoms with Crippen molar-refractivity contribution in [2.45, 2.75) is 30.7 Å². The van der Waals surface area contributed by atoms with Gasteiger partial charge in [-0.25, -0.2) is 18.0 Å². The lowest BCUT2D eigenvalue weighted by molar-refractivity contribution is -0.0745. The number of alkyl halides is 1. The van der Waals surface area contributed by atoms with E-state index in [2.05, 4.69) is 0 Å². The van der Waals surface area contributed by atoms with Gasteiger partial charge in [0.2, 0.25) is 0 Å². The molecule has 0 bridgehead atoms. The molecule has 2 aliphatic rings. The lowest BCUT2D eigenvalue weighted by Gasteiger charge is -2.44. The second-order valence-electron chi connectivity index (χ2n) is 9.01. The molecule has 182 valence electrons. The number of urea groups is 1. The topological polar surface area (TPSA) is 36.0 Å². The summed E-state index contributed by atoms with van der Waals surface area (Å²) in [6.07, 6.45) is 2.92. The standard InChI is InChI=1S/C26H30F3N3O2/c1-30-12-11-21(14-22(30)16-27)31(2)25(33)32-17-18(23-13-20(28)9-10-24(23)29)15-26(32,34-3)19-7-5-4-6-8-19/h4-10,13,15,21-22H,11-12,14,16-17H2,1-3H3/t21-,22-,26+/m1/s1. The van der Waals surface area contributed by atoms with Crippen LogP contribution >= 0.6 is 0 Å². The summed E-state index contributed by atoms with van der Waals surface area (Å²) in [7, 11) is 5.08. The maximum absolute atomic E-state index is 14.7. The smallest absolute Gasteiger partial charge is 0.323 e. The highest BCUT2D eigenvalue weighted by molar-refractivity contribution is 5.83. The van der Waals surface area contributed by atoms with Crippen LogP contribution in [0, 0.1) is 11.6 Å². The van der Waals surface area contributed by atoms with E-state index < -0.39 is 24.0 Å². The molecule has 0 unspecified atom stereocenters. The number of piperidine rings is 1. The molecule has 1 saturated heterocycles. The Morgan fingerprint density at radius 2 is 1.94 bits per heavy atom. The van der Waals surface area contributed by atoms with Crippen LogP contribution in [0.25, 0.3) is 5.57 Å². The Bertz CT molecular complexity index is 1060. The van der Waals surface area contributed by atoms with Crippen LogP contribution in [0.1, 0.15) is 24.0 Å². The Hall–Kier alpha value is -2.84. The summed E-state index contributed by atoms with van der Waals surface area (Å²) < 4.78 is 48.1. The minimum atomic E-state index is -1.30. The van der Waals surface area contributed by atoms with Gasteiger partial charge in [0.15, 0.2) is 5.72 Å². The number of rotatable bonds is 5. The van der Waals surface area contributed by atoms with Crippen molar-refractivity contribution in [1.82, 2.24) is 14.7 Å². The van der Waals surface area contributed by atoms with Crippen LogP contribution < -0.4 is 0 Å². The van der Waals surface area contributed by atoms with Crippen molar-refractivity contribution in [2.75, 3.05) is 41.0 Å². The monoisotopic (exact) mass is 473 g/mol. The van der Waals surface area contributed by atoms with E-state index in [0.29, 0.717) is 30.5 Å². The van der Waals surface area contributed by atoms with Gasteiger partial charge in [-0.05, 0) is 49.7 Å². The lowest BCUT2D eigenvalue weighted by atomic mass is 9.97. The number of amides is 2. The Labute approximate surface area is 198 Å². The predicted octanol–water partition coefficient (Wildman–Crippen LogP) is 4.65. The molecule has 2 aromatic rings. The van der Waals surface area contributed by atoms with Gasteiger partial charge in [0.25, 0.3) is 0 Å². The summed E-state index contributed by atoms with van der Waals surface area (Å²) >= 11 is 0. The fourth-order valence-electron chi connectivity index (χ4n) is 4.99. The Kier molecular flexibility index (Phi) is 7.00. The third kappa shape index (κ3) is 4.32. The molecule has 3 atom stereocenters.